The Kier molecular flexibility index (Phi) is 8.08. The molecule has 0 radical (unpaired) electrons. The van der Waals surface area contributed by atoms with Crippen LogP contribution >= 0.6 is 0 Å². The number of ether oxygens (including phenoxy) is 1. The largest absolute Gasteiger partial charge is 0.598 e. The third kappa shape index (κ3) is 6.26. The lowest BCUT2D eigenvalue weighted by atomic mass is 9.94. The third-order valence-corrected chi connectivity index (χ3v) is 9.70. The summed E-state index contributed by atoms with van der Waals surface area (Å²) in [7, 11) is -4.44. The summed E-state index contributed by atoms with van der Waals surface area (Å²) < 4.78 is 60.0. The fraction of sp³-hybridized carbons (Fsp3) is 0.636. The molecule has 2 rings (SSSR count). The fourth-order valence-corrected chi connectivity index (χ4v) is 6.55. The van der Waals surface area contributed by atoms with Gasteiger partial charge in [-0.3, -0.25) is 10.1 Å². The Bertz CT molecular complexity index is 1180. The maximum absolute atomic E-state index is 15.0. The average molecular weight is 547 g/mol. The van der Waals surface area contributed by atoms with Gasteiger partial charge in [-0.25, -0.2) is 17.6 Å². The summed E-state index contributed by atoms with van der Waals surface area (Å²) in [6.07, 6.45) is -0.789. The zero-order chi connectivity index (χ0) is 27.9. The molecule has 1 N–H and O–H groups in total. The van der Waals surface area contributed by atoms with Crippen LogP contribution in [0.15, 0.2) is 18.2 Å². The number of carbonyl (C=O) groups is 1. The van der Waals surface area contributed by atoms with Crippen molar-refractivity contribution >= 4 is 33.0 Å². The molecule has 200 valence electrons. The zero-order valence-corrected chi connectivity index (χ0v) is 22.9. The SMILES string of the molecule is CC(C)(C)OC(=O)N1CC(C#N)(S(=O)(=O)C[C@](C)(N[S+]([O-])C(C)(C)C)c2cc([N+](=O)[O-])ccc2F)C1. The average Bonchev–Trinajstić information content (AvgIpc) is 2.64. The number of sulfone groups is 1. The minimum absolute atomic E-state index is 0.394. The Labute approximate surface area is 213 Å². The van der Waals surface area contributed by atoms with E-state index in [0.29, 0.717) is 0 Å². The first-order chi connectivity index (χ1) is 16.2. The van der Waals surface area contributed by atoms with Gasteiger partial charge in [-0.2, -0.15) is 5.26 Å². The van der Waals surface area contributed by atoms with Gasteiger partial charge in [0, 0.05) is 29.1 Å². The van der Waals surface area contributed by atoms with Crippen LogP contribution in [0.4, 0.5) is 14.9 Å². The Morgan fingerprint density at radius 3 is 2.28 bits per heavy atom. The van der Waals surface area contributed by atoms with Crippen LogP contribution in [-0.4, -0.2) is 62.8 Å². The molecule has 1 aliphatic rings. The maximum atomic E-state index is 15.0. The number of amides is 1. The van der Waals surface area contributed by atoms with Crippen LogP contribution in [0.2, 0.25) is 0 Å². The number of likely N-dealkylation sites (tertiary alicyclic amines) is 1. The Balaban J connectivity index is 2.50. The van der Waals surface area contributed by atoms with Crippen molar-refractivity contribution in [1.29, 1.82) is 5.26 Å². The molecule has 1 heterocycles. The van der Waals surface area contributed by atoms with Crippen LogP contribution in [0.5, 0.6) is 0 Å². The number of nitrogens with one attached hydrogen (secondary N) is 1. The van der Waals surface area contributed by atoms with E-state index in [-0.39, 0.29) is 0 Å². The quantitative estimate of drug-likeness (QED) is 0.307. The van der Waals surface area contributed by atoms with E-state index in [4.69, 9.17) is 4.74 Å². The number of benzene rings is 1. The van der Waals surface area contributed by atoms with Crippen LogP contribution in [-0.2, 0) is 31.5 Å². The van der Waals surface area contributed by atoms with Crippen molar-refractivity contribution in [2.24, 2.45) is 0 Å². The summed E-state index contributed by atoms with van der Waals surface area (Å²) in [4.78, 5) is 23.9. The van der Waals surface area contributed by atoms with Gasteiger partial charge < -0.3 is 14.2 Å². The molecule has 1 unspecified atom stereocenters. The summed E-state index contributed by atoms with van der Waals surface area (Å²) in [5, 5.41) is 21.1. The van der Waals surface area contributed by atoms with Gasteiger partial charge in [0.05, 0.1) is 29.8 Å². The number of rotatable bonds is 7. The van der Waals surface area contributed by atoms with Crippen molar-refractivity contribution in [2.45, 2.75) is 69.1 Å². The summed E-state index contributed by atoms with van der Waals surface area (Å²) in [5.74, 6) is -1.87. The van der Waals surface area contributed by atoms with Gasteiger partial charge in [-0.1, -0.05) is 0 Å². The molecule has 1 amide bonds. The van der Waals surface area contributed by atoms with Gasteiger partial charge in [0.2, 0.25) is 0 Å². The van der Waals surface area contributed by atoms with Crippen LogP contribution < -0.4 is 4.72 Å². The number of nitro benzene ring substituents is 1. The highest BCUT2D eigenvalue weighted by Crippen LogP contribution is 2.37. The van der Waals surface area contributed by atoms with E-state index in [1.807, 2.05) is 0 Å². The molecule has 0 aromatic heterocycles. The van der Waals surface area contributed by atoms with Crippen molar-refractivity contribution in [3.05, 3.63) is 39.7 Å². The molecule has 0 aliphatic carbocycles. The highest BCUT2D eigenvalue weighted by atomic mass is 32.2. The lowest BCUT2D eigenvalue weighted by Gasteiger charge is -2.46. The van der Waals surface area contributed by atoms with Crippen molar-refractivity contribution in [1.82, 2.24) is 9.62 Å². The Hall–Kier alpha value is -2.47. The van der Waals surface area contributed by atoms with Crippen LogP contribution in [0, 0.1) is 27.3 Å². The highest BCUT2D eigenvalue weighted by Gasteiger charge is 2.59. The van der Waals surface area contributed by atoms with Gasteiger partial charge in [0.15, 0.2) is 14.6 Å². The van der Waals surface area contributed by atoms with E-state index in [1.54, 1.807) is 47.6 Å². The second-order valence-electron chi connectivity index (χ2n) is 10.9. The molecular weight excluding hydrogens is 515 g/mol. The summed E-state index contributed by atoms with van der Waals surface area (Å²) in [6.45, 7) is 10.0. The third-order valence-electron chi connectivity index (χ3n) is 5.45. The number of hydrogen-bond acceptors (Lipinski definition) is 9. The molecule has 1 aliphatic heterocycles. The molecule has 2 atom stereocenters. The summed E-state index contributed by atoms with van der Waals surface area (Å²) >= 11 is -1.92. The van der Waals surface area contributed by atoms with Gasteiger partial charge >= 0.3 is 6.09 Å². The molecular formula is C22H31FN4O7S2. The van der Waals surface area contributed by atoms with Gasteiger partial charge in [0.1, 0.15) is 21.7 Å². The number of halogens is 1. The molecule has 1 aromatic carbocycles. The summed E-state index contributed by atoms with van der Waals surface area (Å²) in [6, 6.07) is 4.39. The minimum Gasteiger partial charge on any atom is -0.598 e. The fourth-order valence-electron chi connectivity index (χ4n) is 3.45. The number of carbonyl (C=O) groups excluding carboxylic acids is 1. The molecule has 14 heteroatoms. The molecule has 0 saturated carbocycles. The van der Waals surface area contributed by atoms with E-state index >= 15 is 0 Å². The van der Waals surface area contributed by atoms with E-state index in [2.05, 4.69) is 4.72 Å². The maximum Gasteiger partial charge on any atom is 0.410 e. The van der Waals surface area contributed by atoms with E-state index in [0.717, 1.165) is 23.1 Å². The first kappa shape index (κ1) is 29.8. The Morgan fingerprint density at radius 2 is 1.83 bits per heavy atom. The second-order valence-corrected chi connectivity index (χ2v) is 15.2. The predicted molar refractivity (Wildman–Crippen MR) is 131 cm³/mol. The number of non-ortho nitro benzene ring substituents is 1. The van der Waals surface area contributed by atoms with Crippen LogP contribution in [0.3, 0.4) is 0 Å². The first-order valence-corrected chi connectivity index (χ1v) is 13.7. The molecule has 1 saturated heterocycles. The first-order valence-electron chi connectivity index (χ1n) is 10.9. The second kappa shape index (κ2) is 9.77. The predicted octanol–water partition coefficient (Wildman–Crippen LogP) is 2.93. The molecule has 0 spiro atoms. The van der Waals surface area contributed by atoms with Crippen molar-refractivity contribution < 1.29 is 31.8 Å². The monoisotopic (exact) mass is 546 g/mol. The molecule has 0 bridgehead atoms. The molecule has 36 heavy (non-hydrogen) atoms. The number of nitrogens with zero attached hydrogens (tertiary/aromatic N) is 3. The van der Waals surface area contributed by atoms with Crippen molar-refractivity contribution in [3.63, 3.8) is 0 Å². The lowest BCUT2D eigenvalue weighted by Crippen LogP contribution is -2.68. The smallest absolute Gasteiger partial charge is 0.410 e. The molecule has 1 aromatic rings. The van der Waals surface area contributed by atoms with E-state index < -0.39 is 88.8 Å². The number of nitriles is 1. The van der Waals surface area contributed by atoms with Gasteiger partial charge in [0.25, 0.3) is 5.69 Å². The lowest BCUT2D eigenvalue weighted by molar-refractivity contribution is -0.385. The normalized spacial score (nSPS) is 18.4. The van der Waals surface area contributed by atoms with Gasteiger partial charge in [-0.15, -0.1) is 4.72 Å². The summed E-state index contributed by atoms with van der Waals surface area (Å²) in [5.41, 5.74) is -3.65. The van der Waals surface area contributed by atoms with Crippen LogP contribution in [0.1, 0.15) is 54.0 Å². The zero-order valence-electron chi connectivity index (χ0n) is 21.2. The number of hydrogen-bond donors (Lipinski definition) is 1. The highest BCUT2D eigenvalue weighted by molar-refractivity contribution is 7.93. The van der Waals surface area contributed by atoms with Crippen molar-refractivity contribution in [2.75, 3.05) is 18.8 Å². The number of nitro groups is 1. The molecule has 1 fully saturated rings. The molecule has 11 nitrogen and oxygen atoms in total. The standard InChI is InChI=1S/C22H31FN4O7S2/c1-19(2,3)34-18(28)26-12-22(11-24,13-26)36(32,33)14-21(7,25-35(31)20(4,5)6)16-10-15(27(29)30)8-9-17(16)23/h8-10,25H,12-14H2,1-7H3/t21-,35?/m0/s1. The topological polar surface area (TPSA) is 166 Å². The van der Waals surface area contributed by atoms with Gasteiger partial charge in [-0.05, 0) is 54.5 Å². The minimum atomic E-state index is -4.44. The Morgan fingerprint density at radius 1 is 1.28 bits per heavy atom. The van der Waals surface area contributed by atoms with E-state index in [1.165, 1.54) is 6.92 Å². The van der Waals surface area contributed by atoms with Crippen molar-refractivity contribution in [3.8, 4) is 6.07 Å². The van der Waals surface area contributed by atoms with E-state index in [9.17, 15) is 37.5 Å². The van der Waals surface area contributed by atoms with Crippen LogP contribution in [0.25, 0.3) is 0 Å².